The molecule has 33 heavy (non-hydrogen) atoms. The Hall–Kier alpha value is -3.41. The molecule has 0 bridgehead atoms. The fraction of sp³-hybridized carbons (Fsp3) is 0.182. The summed E-state index contributed by atoms with van der Waals surface area (Å²) in [4.78, 5) is 16.5. The van der Waals surface area contributed by atoms with Gasteiger partial charge in [-0.25, -0.2) is 22.2 Å². The molecule has 1 aliphatic rings. The fourth-order valence-electron chi connectivity index (χ4n) is 3.29. The zero-order chi connectivity index (χ0) is 23.4. The Bertz CT molecular complexity index is 1280. The van der Waals surface area contributed by atoms with Crippen molar-refractivity contribution >= 4 is 33.1 Å². The molecule has 4 rings (SSSR count). The molecule has 0 unspecified atom stereocenters. The lowest BCUT2D eigenvalue weighted by atomic mass is 10.2. The summed E-state index contributed by atoms with van der Waals surface area (Å²) in [5.74, 6) is -1.82. The Morgan fingerprint density at radius 3 is 2.55 bits per heavy atom. The second kappa shape index (κ2) is 9.61. The zero-order valence-corrected chi connectivity index (χ0v) is 18.1. The van der Waals surface area contributed by atoms with Crippen molar-refractivity contribution in [2.45, 2.75) is 4.90 Å². The summed E-state index contributed by atoms with van der Waals surface area (Å²) in [5, 5.41) is 5.45. The lowest BCUT2D eigenvalue weighted by Crippen LogP contribution is -2.40. The van der Waals surface area contributed by atoms with Gasteiger partial charge in [-0.05, 0) is 48.5 Å². The number of carbonyl (C=O) groups excluding carboxylic acids is 1. The molecule has 2 N–H and O–H groups in total. The molecule has 1 amide bonds. The number of pyridine rings is 1. The number of aromatic nitrogens is 1. The number of halogens is 2. The van der Waals surface area contributed by atoms with Gasteiger partial charge in [0.2, 0.25) is 10.0 Å². The second-order valence-corrected chi connectivity index (χ2v) is 9.06. The highest BCUT2D eigenvalue weighted by Crippen LogP contribution is 2.25. The van der Waals surface area contributed by atoms with Crippen molar-refractivity contribution in [3.8, 4) is 0 Å². The first-order chi connectivity index (χ1) is 15.8. The standard InChI is InChI=1S/C22H20F2N4O4S/c23-15-3-1-4-16(13-15)26-21-18(5-2-8-25-21)22(29)27-17-6-7-19(24)20(14-17)33(30,31)28-9-11-32-12-10-28/h1-8,13-14H,9-12H2,(H,25,26)(H,27,29). The van der Waals surface area contributed by atoms with Crippen LogP contribution in [0.1, 0.15) is 10.4 Å². The van der Waals surface area contributed by atoms with Crippen LogP contribution in [0.4, 0.5) is 26.0 Å². The van der Waals surface area contributed by atoms with E-state index in [9.17, 15) is 22.0 Å². The van der Waals surface area contributed by atoms with E-state index in [4.69, 9.17) is 4.74 Å². The van der Waals surface area contributed by atoms with Gasteiger partial charge in [-0.15, -0.1) is 0 Å². The molecule has 11 heteroatoms. The molecule has 1 aromatic heterocycles. The third-order valence-corrected chi connectivity index (χ3v) is 6.83. The molecule has 8 nitrogen and oxygen atoms in total. The number of ether oxygens (including phenoxy) is 1. The molecule has 0 aliphatic carbocycles. The highest BCUT2D eigenvalue weighted by molar-refractivity contribution is 7.89. The van der Waals surface area contributed by atoms with E-state index in [-0.39, 0.29) is 43.4 Å². The highest BCUT2D eigenvalue weighted by Gasteiger charge is 2.29. The molecule has 0 saturated carbocycles. The molecule has 3 aromatic rings. The van der Waals surface area contributed by atoms with Crippen molar-refractivity contribution < 1.29 is 26.7 Å². The number of rotatable bonds is 6. The van der Waals surface area contributed by atoms with Gasteiger partial charge in [0, 0.05) is 30.7 Å². The predicted octanol–water partition coefficient (Wildman–Crippen LogP) is 3.38. The smallest absolute Gasteiger partial charge is 0.259 e. The van der Waals surface area contributed by atoms with E-state index in [1.165, 1.54) is 36.5 Å². The van der Waals surface area contributed by atoms with Crippen molar-refractivity contribution in [1.29, 1.82) is 0 Å². The lowest BCUT2D eigenvalue weighted by molar-refractivity contribution is 0.0729. The largest absolute Gasteiger partial charge is 0.379 e. The van der Waals surface area contributed by atoms with Gasteiger partial charge in [-0.2, -0.15) is 4.31 Å². The number of morpholine rings is 1. The van der Waals surface area contributed by atoms with Gasteiger partial charge in [0.25, 0.3) is 5.91 Å². The summed E-state index contributed by atoms with van der Waals surface area (Å²) in [6.07, 6.45) is 1.46. The van der Waals surface area contributed by atoms with Gasteiger partial charge >= 0.3 is 0 Å². The number of benzene rings is 2. The van der Waals surface area contributed by atoms with Crippen LogP contribution in [-0.4, -0.2) is 49.9 Å². The third-order valence-electron chi connectivity index (χ3n) is 4.92. The number of amides is 1. The van der Waals surface area contributed by atoms with Crippen molar-refractivity contribution in [3.63, 3.8) is 0 Å². The summed E-state index contributed by atoms with van der Waals surface area (Å²) < 4.78 is 59.9. The van der Waals surface area contributed by atoms with E-state index in [1.54, 1.807) is 12.1 Å². The molecule has 172 valence electrons. The minimum atomic E-state index is -4.10. The van der Waals surface area contributed by atoms with Crippen molar-refractivity contribution in [3.05, 3.63) is 78.0 Å². The molecule has 0 atom stereocenters. The maximum absolute atomic E-state index is 14.4. The van der Waals surface area contributed by atoms with E-state index in [2.05, 4.69) is 15.6 Å². The van der Waals surface area contributed by atoms with Crippen LogP contribution in [0.25, 0.3) is 0 Å². The minimum absolute atomic E-state index is 0.0915. The molecular formula is C22H20F2N4O4S. The van der Waals surface area contributed by atoms with Gasteiger partial charge in [-0.3, -0.25) is 4.79 Å². The van der Waals surface area contributed by atoms with Gasteiger partial charge in [0.1, 0.15) is 22.3 Å². The van der Waals surface area contributed by atoms with E-state index in [0.717, 1.165) is 16.4 Å². The summed E-state index contributed by atoms with van der Waals surface area (Å²) in [6, 6.07) is 12.0. The molecule has 0 spiro atoms. The van der Waals surface area contributed by atoms with Gasteiger partial charge in [0.05, 0.1) is 18.8 Å². The van der Waals surface area contributed by atoms with E-state index in [1.807, 2.05) is 0 Å². The fourth-order valence-corrected chi connectivity index (χ4v) is 4.79. The molecule has 1 saturated heterocycles. The van der Waals surface area contributed by atoms with Crippen LogP contribution in [0.3, 0.4) is 0 Å². The Morgan fingerprint density at radius 2 is 1.79 bits per heavy atom. The SMILES string of the molecule is O=C(Nc1ccc(F)c(S(=O)(=O)N2CCOCC2)c1)c1cccnc1Nc1cccc(F)c1. The van der Waals surface area contributed by atoms with Crippen LogP contribution in [0.15, 0.2) is 65.7 Å². The van der Waals surface area contributed by atoms with Crippen LogP contribution in [0.2, 0.25) is 0 Å². The molecule has 1 fully saturated rings. The monoisotopic (exact) mass is 474 g/mol. The third kappa shape index (κ3) is 5.16. The summed E-state index contributed by atoms with van der Waals surface area (Å²) in [7, 11) is -4.10. The molecular weight excluding hydrogens is 454 g/mol. The Morgan fingerprint density at radius 1 is 1.00 bits per heavy atom. The van der Waals surface area contributed by atoms with Gasteiger partial charge in [-0.1, -0.05) is 6.07 Å². The number of hydrogen-bond donors (Lipinski definition) is 2. The first kappa shape index (κ1) is 22.8. The maximum atomic E-state index is 14.4. The first-order valence-corrected chi connectivity index (χ1v) is 11.4. The average Bonchev–Trinajstić information content (AvgIpc) is 2.81. The Labute approximate surface area is 189 Å². The molecule has 0 radical (unpaired) electrons. The van der Waals surface area contributed by atoms with Gasteiger partial charge < -0.3 is 15.4 Å². The van der Waals surface area contributed by atoms with E-state index >= 15 is 0 Å². The number of anilines is 3. The number of nitrogens with zero attached hydrogens (tertiary/aromatic N) is 2. The normalized spacial score (nSPS) is 14.6. The Kier molecular flexibility index (Phi) is 6.63. The van der Waals surface area contributed by atoms with Crippen LogP contribution in [-0.2, 0) is 14.8 Å². The maximum Gasteiger partial charge on any atom is 0.259 e. The topological polar surface area (TPSA) is 101 Å². The number of hydrogen-bond acceptors (Lipinski definition) is 6. The molecule has 2 heterocycles. The molecule has 1 aliphatic heterocycles. The quantitative estimate of drug-likeness (QED) is 0.568. The van der Waals surface area contributed by atoms with Crippen molar-refractivity contribution in [2.75, 3.05) is 36.9 Å². The molecule has 2 aromatic carbocycles. The number of carbonyl (C=O) groups is 1. The van der Waals surface area contributed by atoms with Crippen LogP contribution >= 0.6 is 0 Å². The first-order valence-electron chi connectivity index (χ1n) is 10.0. The lowest BCUT2D eigenvalue weighted by Gasteiger charge is -2.26. The summed E-state index contributed by atoms with van der Waals surface area (Å²) in [6.45, 7) is 0.672. The zero-order valence-electron chi connectivity index (χ0n) is 17.3. The van der Waals surface area contributed by atoms with E-state index in [0.29, 0.717) is 5.69 Å². The number of nitrogens with one attached hydrogen (secondary N) is 2. The minimum Gasteiger partial charge on any atom is -0.379 e. The van der Waals surface area contributed by atoms with Crippen molar-refractivity contribution in [2.24, 2.45) is 0 Å². The summed E-state index contributed by atoms with van der Waals surface area (Å²) >= 11 is 0. The van der Waals surface area contributed by atoms with Gasteiger partial charge in [0.15, 0.2) is 0 Å². The highest BCUT2D eigenvalue weighted by atomic mass is 32.2. The van der Waals surface area contributed by atoms with Crippen LogP contribution in [0.5, 0.6) is 0 Å². The van der Waals surface area contributed by atoms with Crippen LogP contribution in [0, 0.1) is 11.6 Å². The van der Waals surface area contributed by atoms with Crippen LogP contribution < -0.4 is 10.6 Å². The predicted molar refractivity (Wildman–Crippen MR) is 118 cm³/mol. The number of sulfonamides is 1. The van der Waals surface area contributed by atoms with E-state index < -0.39 is 32.5 Å². The summed E-state index contributed by atoms with van der Waals surface area (Å²) in [5.41, 5.74) is 0.612. The second-order valence-electron chi connectivity index (χ2n) is 7.15. The van der Waals surface area contributed by atoms with Crippen molar-refractivity contribution in [1.82, 2.24) is 9.29 Å². The average molecular weight is 474 g/mol. The Balaban J connectivity index is 1.58.